The highest BCUT2D eigenvalue weighted by Gasteiger charge is 2.32. The zero-order chi connectivity index (χ0) is 16.9. The molecular weight excluding hydrogens is 309 g/mol. The Morgan fingerprint density at radius 2 is 1.74 bits per heavy atom. The molecule has 2 aromatic rings. The fourth-order valence-corrected chi connectivity index (χ4v) is 1.80. The van der Waals surface area contributed by atoms with Crippen molar-refractivity contribution in [3.63, 3.8) is 0 Å². The lowest BCUT2D eigenvalue weighted by molar-refractivity contribution is -0.141. The van der Waals surface area contributed by atoms with Gasteiger partial charge in [-0.3, -0.25) is 4.98 Å². The van der Waals surface area contributed by atoms with Crippen molar-refractivity contribution >= 4 is 17.1 Å². The molecule has 23 heavy (non-hydrogen) atoms. The van der Waals surface area contributed by atoms with Crippen molar-refractivity contribution in [3.8, 4) is 0 Å². The van der Waals surface area contributed by atoms with Gasteiger partial charge in [-0.25, -0.2) is 0 Å². The van der Waals surface area contributed by atoms with Gasteiger partial charge in [-0.15, -0.1) is 0 Å². The molecule has 1 aromatic carbocycles. The van der Waals surface area contributed by atoms with E-state index in [2.05, 4.69) is 15.2 Å². The second kappa shape index (κ2) is 7.19. The van der Waals surface area contributed by atoms with Gasteiger partial charge in [0.1, 0.15) is 5.69 Å². The first-order valence-electron chi connectivity index (χ1n) is 6.77. The van der Waals surface area contributed by atoms with Gasteiger partial charge in [0, 0.05) is 25.5 Å². The molecule has 0 aliphatic rings. The monoisotopic (exact) mass is 324 g/mol. The molecule has 1 N–H and O–H groups in total. The standard InChI is InChI=1S/C15H15F3N4O/c1-22(8-9-23)13-4-2-11(3-5-13)20-21-12-6-7-19-14(10-12)15(16,17)18/h2-7,10,23H,8-9H2,1H3. The summed E-state index contributed by atoms with van der Waals surface area (Å²) in [6.07, 6.45) is -3.46. The number of pyridine rings is 1. The molecule has 0 saturated heterocycles. The number of hydrogen-bond donors (Lipinski definition) is 1. The molecule has 0 bridgehead atoms. The molecule has 0 atom stereocenters. The normalized spacial score (nSPS) is 11.9. The number of nitrogens with zero attached hydrogens (tertiary/aromatic N) is 4. The Hall–Kier alpha value is -2.48. The molecule has 0 amide bonds. The van der Waals surface area contributed by atoms with Gasteiger partial charge in [-0.2, -0.15) is 23.4 Å². The number of aliphatic hydroxyl groups is 1. The second-order valence-electron chi connectivity index (χ2n) is 4.76. The fourth-order valence-electron chi connectivity index (χ4n) is 1.80. The van der Waals surface area contributed by atoms with E-state index in [0.29, 0.717) is 12.2 Å². The number of anilines is 1. The average Bonchev–Trinajstić information content (AvgIpc) is 2.53. The molecule has 122 valence electrons. The van der Waals surface area contributed by atoms with E-state index in [1.807, 2.05) is 11.9 Å². The summed E-state index contributed by atoms with van der Waals surface area (Å²) in [5.41, 5.74) is 0.474. The van der Waals surface area contributed by atoms with Crippen LogP contribution < -0.4 is 4.90 Å². The molecule has 0 fully saturated rings. The summed E-state index contributed by atoms with van der Waals surface area (Å²) < 4.78 is 37.7. The summed E-state index contributed by atoms with van der Waals surface area (Å²) >= 11 is 0. The quantitative estimate of drug-likeness (QED) is 0.847. The molecule has 1 heterocycles. The second-order valence-corrected chi connectivity index (χ2v) is 4.76. The Morgan fingerprint density at radius 1 is 1.09 bits per heavy atom. The first-order chi connectivity index (χ1) is 10.9. The summed E-state index contributed by atoms with van der Waals surface area (Å²) in [6, 6.07) is 9.15. The van der Waals surface area contributed by atoms with Crippen LogP contribution in [0.3, 0.4) is 0 Å². The highest BCUT2D eigenvalue weighted by atomic mass is 19.4. The van der Waals surface area contributed by atoms with Crippen LogP contribution in [0, 0.1) is 0 Å². The highest BCUT2D eigenvalue weighted by Crippen LogP contribution is 2.30. The molecule has 0 unspecified atom stereocenters. The van der Waals surface area contributed by atoms with E-state index in [1.54, 1.807) is 24.3 Å². The van der Waals surface area contributed by atoms with Crippen LogP contribution in [-0.4, -0.2) is 30.3 Å². The maximum absolute atomic E-state index is 12.6. The van der Waals surface area contributed by atoms with Crippen LogP contribution in [-0.2, 0) is 6.18 Å². The highest BCUT2D eigenvalue weighted by molar-refractivity contribution is 5.52. The molecule has 0 saturated carbocycles. The van der Waals surface area contributed by atoms with Crippen molar-refractivity contribution in [2.75, 3.05) is 25.1 Å². The van der Waals surface area contributed by atoms with Crippen LogP contribution in [0.1, 0.15) is 5.69 Å². The minimum atomic E-state index is -4.51. The van der Waals surface area contributed by atoms with Gasteiger partial charge in [-0.05, 0) is 36.4 Å². The summed E-state index contributed by atoms with van der Waals surface area (Å²) in [7, 11) is 1.84. The van der Waals surface area contributed by atoms with Crippen LogP contribution in [0.2, 0.25) is 0 Å². The number of azo groups is 1. The maximum Gasteiger partial charge on any atom is 0.433 e. The van der Waals surface area contributed by atoms with Gasteiger partial charge >= 0.3 is 6.18 Å². The van der Waals surface area contributed by atoms with Crippen molar-refractivity contribution in [1.82, 2.24) is 4.98 Å². The number of alkyl halides is 3. The van der Waals surface area contributed by atoms with Gasteiger partial charge in [-0.1, -0.05) is 0 Å². The smallest absolute Gasteiger partial charge is 0.395 e. The summed E-state index contributed by atoms with van der Waals surface area (Å²) in [6.45, 7) is 0.541. The number of hydrogen-bond acceptors (Lipinski definition) is 5. The number of likely N-dealkylation sites (N-methyl/N-ethyl adjacent to an activating group) is 1. The number of benzene rings is 1. The van der Waals surface area contributed by atoms with Gasteiger partial charge in [0.15, 0.2) is 0 Å². The number of aliphatic hydroxyl groups excluding tert-OH is 1. The topological polar surface area (TPSA) is 61.1 Å². The third kappa shape index (κ3) is 4.75. The Morgan fingerprint density at radius 3 is 2.35 bits per heavy atom. The molecule has 8 heteroatoms. The third-order valence-electron chi connectivity index (χ3n) is 3.04. The number of rotatable bonds is 5. The summed E-state index contributed by atoms with van der Waals surface area (Å²) in [4.78, 5) is 5.12. The number of halogens is 3. The predicted octanol–water partition coefficient (Wildman–Crippen LogP) is 3.94. The number of aromatic nitrogens is 1. The van der Waals surface area contributed by atoms with Gasteiger partial charge in [0.2, 0.25) is 0 Å². The van der Waals surface area contributed by atoms with Crippen molar-refractivity contribution in [1.29, 1.82) is 0 Å². The van der Waals surface area contributed by atoms with Crippen LogP contribution in [0.25, 0.3) is 0 Å². The van der Waals surface area contributed by atoms with Crippen LogP contribution in [0.5, 0.6) is 0 Å². The van der Waals surface area contributed by atoms with E-state index in [-0.39, 0.29) is 12.3 Å². The van der Waals surface area contributed by atoms with Crippen molar-refractivity contribution in [3.05, 3.63) is 48.3 Å². The van der Waals surface area contributed by atoms with Gasteiger partial charge in [0.25, 0.3) is 0 Å². The Kier molecular flexibility index (Phi) is 5.28. The molecule has 1 aromatic heterocycles. The molecule has 2 rings (SSSR count). The lowest BCUT2D eigenvalue weighted by Crippen LogP contribution is -2.20. The van der Waals surface area contributed by atoms with Crippen molar-refractivity contribution in [2.24, 2.45) is 10.2 Å². The zero-order valence-electron chi connectivity index (χ0n) is 12.3. The lowest BCUT2D eigenvalue weighted by Gasteiger charge is -2.17. The predicted molar refractivity (Wildman–Crippen MR) is 80.2 cm³/mol. The Labute approximate surface area is 131 Å². The van der Waals surface area contributed by atoms with Crippen LogP contribution in [0.15, 0.2) is 52.8 Å². The van der Waals surface area contributed by atoms with Crippen LogP contribution in [0.4, 0.5) is 30.2 Å². The van der Waals surface area contributed by atoms with E-state index >= 15 is 0 Å². The third-order valence-corrected chi connectivity index (χ3v) is 3.04. The molecule has 0 aliphatic heterocycles. The van der Waals surface area contributed by atoms with E-state index in [1.165, 1.54) is 6.07 Å². The zero-order valence-corrected chi connectivity index (χ0v) is 12.3. The van der Waals surface area contributed by atoms with Gasteiger partial charge < -0.3 is 10.0 Å². The molecule has 5 nitrogen and oxygen atoms in total. The average molecular weight is 324 g/mol. The van der Waals surface area contributed by atoms with Crippen LogP contribution >= 0.6 is 0 Å². The molecule has 0 radical (unpaired) electrons. The minimum absolute atomic E-state index is 0.0432. The van der Waals surface area contributed by atoms with E-state index in [4.69, 9.17) is 5.11 Å². The maximum atomic E-state index is 12.6. The minimum Gasteiger partial charge on any atom is -0.395 e. The van der Waals surface area contributed by atoms with E-state index in [9.17, 15) is 13.2 Å². The van der Waals surface area contributed by atoms with E-state index in [0.717, 1.165) is 18.0 Å². The first kappa shape index (κ1) is 16.9. The SMILES string of the molecule is CN(CCO)c1ccc(N=Nc2ccnc(C(F)(F)F)c2)cc1. The summed E-state index contributed by atoms with van der Waals surface area (Å²) in [5, 5.41) is 16.6. The van der Waals surface area contributed by atoms with Crippen molar-refractivity contribution in [2.45, 2.75) is 6.18 Å². The Bertz CT molecular complexity index is 671. The lowest BCUT2D eigenvalue weighted by atomic mass is 10.2. The molecule has 0 aliphatic carbocycles. The Balaban J connectivity index is 2.11. The summed E-state index contributed by atoms with van der Waals surface area (Å²) in [5.74, 6) is 0. The first-order valence-corrected chi connectivity index (χ1v) is 6.77. The largest absolute Gasteiger partial charge is 0.433 e. The molecular formula is C15H15F3N4O. The fraction of sp³-hybridized carbons (Fsp3) is 0.267. The van der Waals surface area contributed by atoms with E-state index < -0.39 is 11.9 Å². The molecule has 0 spiro atoms. The van der Waals surface area contributed by atoms with Crippen molar-refractivity contribution < 1.29 is 18.3 Å². The van der Waals surface area contributed by atoms with Gasteiger partial charge in [0.05, 0.1) is 18.0 Å².